The number of rotatable bonds is 7. The summed E-state index contributed by atoms with van der Waals surface area (Å²) in [6.45, 7) is 0.0455. The van der Waals surface area contributed by atoms with E-state index in [4.69, 9.17) is 12.0 Å². The minimum atomic E-state index is -2.09. The summed E-state index contributed by atoms with van der Waals surface area (Å²) in [5, 5.41) is 9.04. The van der Waals surface area contributed by atoms with Crippen LogP contribution in [0.15, 0.2) is 176 Å². The Hall–Kier alpha value is -5.44. The van der Waals surface area contributed by atoms with Crippen LogP contribution in [0.2, 0.25) is 0 Å². The van der Waals surface area contributed by atoms with E-state index in [0.29, 0.717) is 0 Å². The molecule has 0 fully saturated rings. The first-order chi connectivity index (χ1) is 25.5. The summed E-state index contributed by atoms with van der Waals surface area (Å²) in [4.78, 5) is 0. The average molecular weight is 722 g/mol. The third-order valence-electron chi connectivity index (χ3n) is 10.2. The van der Waals surface area contributed by atoms with Gasteiger partial charge in [0, 0.05) is 40.3 Å². The first-order valence-corrected chi connectivity index (χ1v) is 21.0. The molecule has 0 aliphatic carbocycles. The van der Waals surface area contributed by atoms with Crippen molar-refractivity contribution in [2.45, 2.75) is 6.92 Å². The molecule has 0 aliphatic rings. The largest absolute Gasteiger partial charge is 0.405 e. The molecule has 1 nitrogen and oxygen atoms in total. The van der Waals surface area contributed by atoms with Gasteiger partial charge in [-0.2, -0.15) is 0 Å². The Balaban J connectivity index is 1.13. The second-order valence-electron chi connectivity index (χ2n) is 13.3. The normalized spacial score (nSPS) is 12.5. The van der Waals surface area contributed by atoms with Gasteiger partial charge in [-0.3, -0.25) is 0 Å². The molecule has 9 aromatic rings. The predicted octanol–water partition coefficient (Wildman–Crippen LogP) is 12.4. The SMILES string of the molecule is C=P(c1ccccc1)(c1ccccc1)c1cccc(-c2ccc3sc4ccc(-c5ccc6sc7ccc(/C(C)=C/C=C\N)cc7c6c5)cc4c3c2)c1. The molecule has 250 valence electrons. The zero-order valence-electron chi connectivity index (χ0n) is 28.8. The fraction of sp³-hybridized carbons (Fsp3) is 0.0208. The Morgan fingerprint density at radius 1 is 0.500 bits per heavy atom. The van der Waals surface area contributed by atoms with Crippen molar-refractivity contribution in [3.63, 3.8) is 0 Å². The molecule has 2 aromatic heterocycles. The Morgan fingerprint density at radius 2 is 0.942 bits per heavy atom. The van der Waals surface area contributed by atoms with Gasteiger partial charge in [-0.15, -0.1) is 22.7 Å². The van der Waals surface area contributed by atoms with Crippen molar-refractivity contribution >= 4 is 97.7 Å². The van der Waals surface area contributed by atoms with Crippen LogP contribution in [0.4, 0.5) is 0 Å². The average Bonchev–Trinajstić information content (AvgIpc) is 3.77. The van der Waals surface area contributed by atoms with Gasteiger partial charge in [0.25, 0.3) is 0 Å². The van der Waals surface area contributed by atoms with Crippen molar-refractivity contribution in [3.05, 3.63) is 182 Å². The van der Waals surface area contributed by atoms with Crippen LogP contribution < -0.4 is 21.6 Å². The minimum Gasteiger partial charge on any atom is -0.405 e. The molecule has 0 saturated heterocycles. The van der Waals surface area contributed by atoms with E-state index in [1.54, 1.807) is 6.20 Å². The second kappa shape index (κ2) is 13.3. The fourth-order valence-corrected chi connectivity index (χ4v) is 12.5. The summed E-state index contributed by atoms with van der Waals surface area (Å²) >= 11 is 3.72. The van der Waals surface area contributed by atoms with Gasteiger partial charge in [0.1, 0.15) is 0 Å². The summed E-state index contributed by atoms with van der Waals surface area (Å²) < 4.78 is 5.22. The summed E-state index contributed by atoms with van der Waals surface area (Å²) in [7, 11) is 0. The molecule has 0 aliphatic heterocycles. The number of benzene rings is 7. The maximum Gasteiger partial charge on any atom is 0.0355 e. The highest BCUT2D eigenvalue weighted by atomic mass is 32.1. The van der Waals surface area contributed by atoms with Crippen molar-refractivity contribution < 1.29 is 0 Å². The molecular weight excluding hydrogens is 686 g/mol. The Labute approximate surface area is 312 Å². The summed E-state index contributed by atoms with van der Waals surface area (Å²) in [6.07, 6.45) is 10.5. The zero-order valence-corrected chi connectivity index (χ0v) is 31.3. The van der Waals surface area contributed by atoms with Gasteiger partial charge in [0.15, 0.2) is 0 Å². The summed E-state index contributed by atoms with van der Waals surface area (Å²) in [5.74, 6) is 0. The molecule has 2 N–H and O–H groups in total. The van der Waals surface area contributed by atoms with Crippen molar-refractivity contribution in [1.29, 1.82) is 0 Å². The summed E-state index contributed by atoms with van der Waals surface area (Å²) in [5.41, 5.74) is 12.9. The molecular formula is C48H36NPS2. The molecule has 2 heterocycles. The number of allylic oxidation sites excluding steroid dienone is 3. The van der Waals surface area contributed by atoms with Gasteiger partial charge in [-0.05, 0) is 130 Å². The quantitative estimate of drug-likeness (QED) is 0.129. The van der Waals surface area contributed by atoms with E-state index in [2.05, 4.69) is 171 Å². The van der Waals surface area contributed by atoms with E-state index in [1.807, 2.05) is 28.7 Å². The molecule has 9 rings (SSSR count). The van der Waals surface area contributed by atoms with Crippen LogP contribution in [-0.4, -0.2) is 6.30 Å². The monoisotopic (exact) mass is 721 g/mol. The van der Waals surface area contributed by atoms with Gasteiger partial charge in [0.05, 0.1) is 0 Å². The lowest BCUT2D eigenvalue weighted by Gasteiger charge is -2.27. The molecule has 0 spiro atoms. The Bertz CT molecular complexity index is 2850. The van der Waals surface area contributed by atoms with Crippen molar-refractivity contribution in [3.8, 4) is 22.3 Å². The topological polar surface area (TPSA) is 26.0 Å². The molecule has 0 radical (unpaired) electrons. The number of hydrogen-bond acceptors (Lipinski definition) is 3. The first-order valence-electron chi connectivity index (χ1n) is 17.4. The van der Waals surface area contributed by atoms with Crippen LogP contribution in [0.5, 0.6) is 0 Å². The highest BCUT2D eigenvalue weighted by Crippen LogP contribution is 2.44. The Morgan fingerprint density at radius 3 is 1.44 bits per heavy atom. The van der Waals surface area contributed by atoms with E-state index in [-0.39, 0.29) is 0 Å². The molecule has 0 unspecified atom stereocenters. The van der Waals surface area contributed by atoms with E-state index in [0.717, 1.165) is 0 Å². The van der Waals surface area contributed by atoms with E-state index in [1.165, 1.54) is 89.6 Å². The molecule has 0 atom stereocenters. The van der Waals surface area contributed by atoms with Crippen LogP contribution in [0, 0.1) is 0 Å². The molecule has 0 saturated carbocycles. The van der Waals surface area contributed by atoms with Crippen LogP contribution >= 0.6 is 29.6 Å². The zero-order chi connectivity index (χ0) is 35.2. The number of thiophene rings is 2. The smallest absolute Gasteiger partial charge is 0.0355 e. The molecule has 0 amide bonds. The minimum absolute atomic E-state index is 1.19. The highest BCUT2D eigenvalue weighted by Gasteiger charge is 2.22. The highest BCUT2D eigenvalue weighted by molar-refractivity contribution is 7.93. The Kier molecular flexibility index (Phi) is 8.29. The van der Waals surface area contributed by atoms with Crippen molar-refractivity contribution in [2.75, 3.05) is 0 Å². The van der Waals surface area contributed by atoms with E-state index >= 15 is 0 Å². The maximum atomic E-state index is 5.60. The molecule has 52 heavy (non-hydrogen) atoms. The molecule has 7 aromatic carbocycles. The third kappa shape index (κ3) is 5.63. The number of nitrogens with two attached hydrogens (primary N) is 1. The van der Waals surface area contributed by atoms with Gasteiger partial charge in [0.2, 0.25) is 0 Å². The van der Waals surface area contributed by atoms with Gasteiger partial charge in [-0.25, -0.2) is 0 Å². The lowest BCUT2D eigenvalue weighted by Crippen LogP contribution is -2.25. The standard InChI is InChI=1S/C48H36NPS2/c1-32(11-10-26-49)33-18-22-45-41(28-33)42-30-36(20-24-46(42)51-45)37-21-25-48-44(31-37)43-29-35(19-23-47(43)52-48)34-12-9-17-40(27-34)50(2,38-13-5-3-6-14-38)39-15-7-4-8-16-39/h3-31H,2,49H2,1H3/b26-10-,32-11+. The maximum absolute atomic E-state index is 5.60. The van der Waals surface area contributed by atoms with Crippen molar-refractivity contribution in [1.82, 2.24) is 0 Å². The molecule has 0 bridgehead atoms. The van der Waals surface area contributed by atoms with Crippen LogP contribution in [0.25, 0.3) is 68.2 Å². The lowest BCUT2D eigenvalue weighted by molar-refractivity contribution is 1.57. The van der Waals surface area contributed by atoms with Gasteiger partial charge >= 0.3 is 0 Å². The van der Waals surface area contributed by atoms with Crippen LogP contribution in [0.1, 0.15) is 12.5 Å². The summed E-state index contributed by atoms with van der Waals surface area (Å²) in [6, 6.07) is 58.3. The van der Waals surface area contributed by atoms with Crippen molar-refractivity contribution in [2.24, 2.45) is 5.73 Å². The third-order valence-corrected chi connectivity index (χ3v) is 16.0. The van der Waals surface area contributed by atoms with Gasteiger partial charge < -0.3 is 5.73 Å². The molecule has 4 heteroatoms. The number of hydrogen-bond donors (Lipinski definition) is 1. The fourth-order valence-electron chi connectivity index (χ4n) is 7.37. The van der Waals surface area contributed by atoms with Gasteiger partial charge in [-0.1, -0.05) is 116 Å². The first kappa shape index (κ1) is 32.5. The lowest BCUT2D eigenvalue weighted by atomic mass is 9.98. The second-order valence-corrected chi connectivity index (χ2v) is 18.6. The number of fused-ring (bicyclic) bond motifs is 6. The van der Waals surface area contributed by atoms with Crippen LogP contribution in [0.3, 0.4) is 0 Å². The van der Waals surface area contributed by atoms with E-state index in [9.17, 15) is 0 Å². The van der Waals surface area contributed by atoms with E-state index < -0.39 is 6.89 Å². The predicted molar refractivity (Wildman–Crippen MR) is 236 cm³/mol. The van der Waals surface area contributed by atoms with Crippen LogP contribution in [-0.2, 0) is 0 Å².